The van der Waals surface area contributed by atoms with Crippen LogP contribution in [0.1, 0.15) is 17.7 Å². The van der Waals surface area contributed by atoms with Crippen molar-refractivity contribution in [3.05, 3.63) is 71.9 Å². The van der Waals surface area contributed by atoms with Crippen LogP contribution in [0.5, 0.6) is 0 Å². The van der Waals surface area contributed by atoms with Crippen LogP contribution in [0, 0.1) is 6.92 Å². The predicted octanol–water partition coefficient (Wildman–Crippen LogP) is 5.59. The first-order valence-corrected chi connectivity index (χ1v) is 10.6. The molecule has 0 atom stereocenters. The van der Waals surface area contributed by atoms with Gasteiger partial charge in [-0.25, -0.2) is 0 Å². The van der Waals surface area contributed by atoms with Crippen molar-refractivity contribution in [2.24, 2.45) is 0 Å². The van der Waals surface area contributed by atoms with Gasteiger partial charge in [0.05, 0.1) is 5.52 Å². The van der Waals surface area contributed by atoms with Crippen LogP contribution in [0.4, 0.5) is 5.13 Å². The Morgan fingerprint density at radius 2 is 1.86 bits per heavy atom. The molecule has 144 valence electrons. The van der Waals surface area contributed by atoms with Gasteiger partial charge in [-0.15, -0.1) is 10.2 Å². The Kier molecular flexibility index (Phi) is 4.69. The minimum absolute atomic E-state index is 0.863. The lowest BCUT2D eigenvalue weighted by Gasteiger charge is -2.04. The summed E-state index contributed by atoms with van der Waals surface area (Å²) < 4.78 is 0. The molecule has 0 saturated carbocycles. The third kappa shape index (κ3) is 3.71. The molecule has 0 unspecified atom stereocenters. The Hall–Kier alpha value is -3.25. The second-order valence-corrected chi connectivity index (χ2v) is 8.18. The zero-order valence-corrected chi connectivity index (χ0v) is 17.0. The fraction of sp³-hybridized carbons (Fsp3) is 0.174. The molecule has 29 heavy (non-hydrogen) atoms. The summed E-state index contributed by atoms with van der Waals surface area (Å²) in [4.78, 5) is 0. The van der Waals surface area contributed by atoms with Crippen LogP contribution in [-0.2, 0) is 6.42 Å². The maximum absolute atomic E-state index is 4.35. The zero-order chi connectivity index (χ0) is 19.6. The predicted molar refractivity (Wildman–Crippen MR) is 120 cm³/mol. The number of hydrogen-bond acceptors (Lipinski definition) is 5. The Balaban J connectivity index is 1.20. The van der Waals surface area contributed by atoms with E-state index in [4.69, 9.17) is 0 Å². The Labute approximate surface area is 172 Å². The third-order valence-corrected chi connectivity index (χ3v) is 6.08. The summed E-state index contributed by atoms with van der Waals surface area (Å²) in [6, 6.07) is 21.4. The van der Waals surface area contributed by atoms with Crippen molar-refractivity contribution in [3.63, 3.8) is 0 Å². The summed E-state index contributed by atoms with van der Waals surface area (Å²) in [5.74, 6) is 0. The number of nitrogens with zero attached hydrogens (tertiary/aromatic N) is 3. The van der Waals surface area contributed by atoms with Crippen molar-refractivity contribution in [2.45, 2.75) is 19.8 Å². The number of aromatic amines is 1. The number of aromatic nitrogens is 4. The second-order valence-electron chi connectivity index (χ2n) is 7.20. The first-order chi connectivity index (χ1) is 14.3. The molecule has 0 amide bonds. The molecule has 0 aliphatic rings. The molecule has 5 nitrogen and oxygen atoms in total. The van der Waals surface area contributed by atoms with Crippen LogP contribution in [-0.4, -0.2) is 26.9 Å². The normalized spacial score (nSPS) is 11.3. The molecule has 2 N–H and O–H groups in total. The molecule has 3 aromatic carbocycles. The van der Waals surface area contributed by atoms with E-state index in [0.29, 0.717) is 0 Å². The number of fused-ring (bicyclic) bond motifs is 2. The zero-order valence-electron chi connectivity index (χ0n) is 16.1. The number of aryl methyl sites for hydroxylation is 2. The topological polar surface area (TPSA) is 66.5 Å². The third-order valence-electron chi connectivity index (χ3n) is 5.15. The summed E-state index contributed by atoms with van der Waals surface area (Å²) in [6.07, 6.45) is 2.09. The van der Waals surface area contributed by atoms with Gasteiger partial charge in [0.25, 0.3) is 0 Å². The first kappa shape index (κ1) is 17.8. The highest BCUT2D eigenvalue weighted by Crippen LogP contribution is 2.29. The molecule has 2 aromatic heterocycles. The SMILES string of the molecule is Cc1[nH]nc2ccc(-c3nnc(NCCCc4ccc5ccccc5c4)s3)cc12. The molecule has 0 bridgehead atoms. The minimum atomic E-state index is 0.863. The first-order valence-electron chi connectivity index (χ1n) is 9.76. The van der Waals surface area contributed by atoms with Crippen LogP contribution in [0.3, 0.4) is 0 Å². The molecular formula is C23H21N5S. The van der Waals surface area contributed by atoms with Gasteiger partial charge in [-0.2, -0.15) is 5.10 Å². The summed E-state index contributed by atoms with van der Waals surface area (Å²) in [5.41, 5.74) is 4.48. The van der Waals surface area contributed by atoms with Gasteiger partial charge in [0.1, 0.15) is 5.01 Å². The minimum Gasteiger partial charge on any atom is -0.360 e. The highest BCUT2D eigenvalue weighted by Gasteiger charge is 2.09. The fourth-order valence-electron chi connectivity index (χ4n) is 3.56. The monoisotopic (exact) mass is 399 g/mol. The summed E-state index contributed by atoms with van der Waals surface area (Å²) in [6.45, 7) is 2.91. The average molecular weight is 400 g/mol. The lowest BCUT2D eigenvalue weighted by Crippen LogP contribution is -2.02. The number of H-pyrrole nitrogens is 1. The van der Waals surface area contributed by atoms with E-state index in [1.165, 1.54) is 16.3 Å². The highest BCUT2D eigenvalue weighted by molar-refractivity contribution is 7.18. The quantitative estimate of drug-likeness (QED) is 0.365. The van der Waals surface area contributed by atoms with E-state index in [9.17, 15) is 0 Å². The second kappa shape index (κ2) is 7.64. The van der Waals surface area contributed by atoms with E-state index >= 15 is 0 Å². The van der Waals surface area contributed by atoms with Crippen molar-refractivity contribution in [1.82, 2.24) is 20.4 Å². The van der Waals surface area contributed by atoms with E-state index in [-0.39, 0.29) is 0 Å². The summed E-state index contributed by atoms with van der Waals surface area (Å²) in [5, 5.41) is 24.9. The molecule has 0 aliphatic heterocycles. The van der Waals surface area contributed by atoms with Crippen LogP contribution in [0.15, 0.2) is 60.7 Å². The maximum atomic E-state index is 4.35. The van der Waals surface area contributed by atoms with Crippen LogP contribution in [0.2, 0.25) is 0 Å². The summed E-state index contributed by atoms with van der Waals surface area (Å²) >= 11 is 1.59. The smallest absolute Gasteiger partial charge is 0.206 e. The van der Waals surface area contributed by atoms with Crippen LogP contribution < -0.4 is 5.32 Å². The van der Waals surface area contributed by atoms with Crippen LogP contribution >= 0.6 is 11.3 Å². The molecule has 6 heteroatoms. The Bertz CT molecular complexity index is 1290. The molecule has 0 saturated heterocycles. The van der Waals surface area contributed by atoms with Crippen LogP contribution in [0.25, 0.3) is 32.2 Å². The molecule has 2 heterocycles. The van der Waals surface area contributed by atoms with Gasteiger partial charge in [0, 0.05) is 23.2 Å². The highest BCUT2D eigenvalue weighted by atomic mass is 32.1. The molecule has 0 fully saturated rings. The number of rotatable bonds is 6. The molecule has 5 rings (SSSR count). The van der Waals surface area contributed by atoms with E-state index in [1.807, 2.05) is 19.1 Å². The van der Waals surface area contributed by atoms with E-state index < -0.39 is 0 Å². The van der Waals surface area contributed by atoms with Gasteiger partial charge >= 0.3 is 0 Å². The number of benzene rings is 3. The molecule has 0 aliphatic carbocycles. The van der Waals surface area contributed by atoms with Gasteiger partial charge in [-0.1, -0.05) is 53.8 Å². The van der Waals surface area contributed by atoms with E-state index in [2.05, 4.69) is 74.2 Å². The van der Waals surface area contributed by atoms with Gasteiger partial charge in [0.2, 0.25) is 5.13 Å². The van der Waals surface area contributed by atoms with Crippen molar-refractivity contribution in [2.75, 3.05) is 11.9 Å². The fourth-order valence-corrected chi connectivity index (χ4v) is 4.33. The van der Waals surface area contributed by atoms with Crippen molar-refractivity contribution in [1.29, 1.82) is 0 Å². The molecule has 0 spiro atoms. The van der Waals surface area contributed by atoms with Gasteiger partial charge < -0.3 is 5.32 Å². The number of anilines is 1. The average Bonchev–Trinajstić information content (AvgIpc) is 3.38. The van der Waals surface area contributed by atoms with Gasteiger partial charge in [-0.3, -0.25) is 5.10 Å². The lowest BCUT2D eigenvalue weighted by molar-refractivity contribution is 0.860. The lowest BCUT2D eigenvalue weighted by atomic mass is 10.0. The molecule has 5 aromatic rings. The van der Waals surface area contributed by atoms with Crippen molar-refractivity contribution < 1.29 is 0 Å². The number of hydrogen-bond donors (Lipinski definition) is 2. The maximum Gasteiger partial charge on any atom is 0.206 e. The van der Waals surface area contributed by atoms with E-state index in [0.717, 1.165) is 51.7 Å². The molecular weight excluding hydrogens is 378 g/mol. The standard InChI is InChI=1S/C23H21N5S/c1-15-20-14-19(10-11-21(20)26-25-15)22-27-28-23(29-22)24-12-4-5-16-8-9-17-6-2-3-7-18(17)13-16/h2-3,6-11,13-14H,4-5,12H2,1H3,(H,24,28)(H,25,26). The van der Waals surface area contributed by atoms with E-state index in [1.54, 1.807) is 11.3 Å². The largest absolute Gasteiger partial charge is 0.360 e. The van der Waals surface area contributed by atoms with Gasteiger partial charge in [-0.05, 0) is 54.3 Å². The summed E-state index contributed by atoms with van der Waals surface area (Å²) in [7, 11) is 0. The number of nitrogens with one attached hydrogen (secondary N) is 2. The van der Waals surface area contributed by atoms with Gasteiger partial charge in [0.15, 0.2) is 0 Å². The molecule has 0 radical (unpaired) electrons. The van der Waals surface area contributed by atoms with Crippen molar-refractivity contribution in [3.8, 4) is 10.6 Å². The van der Waals surface area contributed by atoms with Crippen molar-refractivity contribution >= 4 is 38.1 Å². The Morgan fingerprint density at radius 1 is 0.966 bits per heavy atom. The Morgan fingerprint density at radius 3 is 2.79 bits per heavy atom.